The third kappa shape index (κ3) is 4.63. The van der Waals surface area contributed by atoms with Gasteiger partial charge >= 0.3 is 12.0 Å². The average Bonchev–Trinajstić information content (AvgIpc) is 2.27. The van der Waals surface area contributed by atoms with Crippen molar-refractivity contribution < 1.29 is 14.7 Å². The number of carboxylic acid groups (broad SMARTS) is 1. The van der Waals surface area contributed by atoms with Gasteiger partial charge in [-0.25, -0.2) is 9.59 Å². The van der Waals surface area contributed by atoms with Crippen LogP contribution in [-0.4, -0.2) is 40.6 Å². The largest absolute Gasteiger partial charge is 0.480 e. The second-order valence-corrected chi connectivity index (χ2v) is 4.85. The highest BCUT2D eigenvalue weighted by Crippen LogP contribution is 2.16. The molecular weight excluding hydrogens is 220 g/mol. The lowest BCUT2D eigenvalue weighted by Gasteiger charge is -2.35. The highest BCUT2D eigenvalue weighted by Gasteiger charge is 2.28. The third-order valence-corrected chi connectivity index (χ3v) is 3.25. The van der Waals surface area contributed by atoms with Gasteiger partial charge in [0.1, 0.15) is 6.04 Å². The molecule has 100 valence electrons. The van der Waals surface area contributed by atoms with E-state index in [0.717, 1.165) is 12.8 Å². The Bertz CT molecular complexity index is 277. The maximum atomic E-state index is 11.9. The van der Waals surface area contributed by atoms with E-state index in [1.54, 1.807) is 11.9 Å². The second-order valence-electron chi connectivity index (χ2n) is 4.85. The quantitative estimate of drug-likeness (QED) is 0.751. The Morgan fingerprint density at radius 1 is 1.35 bits per heavy atom. The summed E-state index contributed by atoms with van der Waals surface area (Å²) in [6.07, 6.45) is 1.97. The van der Waals surface area contributed by atoms with E-state index >= 15 is 0 Å². The minimum atomic E-state index is -0.983. The van der Waals surface area contributed by atoms with Crippen molar-refractivity contribution in [3.8, 4) is 0 Å². The Morgan fingerprint density at radius 3 is 2.24 bits per heavy atom. The van der Waals surface area contributed by atoms with E-state index in [1.807, 2.05) is 27.7 Å². The molecule has 0 unspecified atom stereocenters. The SMILES string of the molecule is CCC[C@H](NC(=O)N(C)C(C)(C)CC)C(=O)O. The van der Waals surface area contributed by atoms with Crippen molar-refractivity contribution in [2.75, 3.05) is 7.05 Å². The molecule has 5 nitrogen and oxygen atoms in total. The van der Waals surface area contributed by atoms with Gasteiger partial charge in [0.05, 0.1) is 0 Å². The molecule has 2 N–H and O–H groups in total. The number of urea groups is 1. The molecular formula is C12H24N2O3. The van der Waals surface area contributed by atoms with Crippen LogP contribution in [0.5, 0.6) is 0 Å². The topological polar surface area (TPSA) is 69.6 Å². The summed E-state index contributed by atoms with van der Waals surface area (Å²) in [5.41, 5.74) is -0.278. The standard InChI is InChI=1S/C12H24N2O3/c1-6-8-9(10(15)16)13-11(17)14(5)12(3,4)7-2/h9H,6-8H2,1-5H3,(H,13,17)(H,15,16)/t9-/m0/s1. The molecule has 0 radical (unpaired) electrons. The van der Waals surface area contributed by atoms with E-state index in [1.165, 1.54) is 0 Å². The normalized spacial score (nSPS) is 13.0. The number of hydrogen-bond acceptors (Lipinski definition) is 2. The molecule has 0 heterocycles. The number of carboxylic acids is 1. The fourth-order valence-electron chi connectivity index (χ4n) is 1.30. The lowest BCUT2D eigenvalue weighted by atomic mass is 10.0. The fourth-order valence-corrected chi connectivity index (χ4v) is 1.30. The number of nitrogens with one attached hydrogen (secondary N) is 1. The molecule has 5 heteroatoms. The van der Waals surface area contributed by atoms with Crippen molar-refractivity contribution in [3.63, 3.8) is 0 Å². The van der Waals surface area contributed by atoms with Crippen LogP contribution in [0.4, 0.5) is 4.79 Å². The Labute approximate surface area is 103 Å². The van der Waals surface area contributed by atoms with Gasteiger partial charge < -0.3 is 15.3 Å². The molecule has 0 fully saturated rings. The van der Waals surface area contributed by atoms with Crippen molar-refractivity contribution in [2.45, 2.75) is 58.5 Å². The summed E-state index contributed by atoms with van der Waals surface area (Å²) < 4.78 is 0. The first-order chi connectivity index (χ1) is 7.76. The van der Waals surface area contributed by atoms with E-state index in [9.17, 15) is 9.59 Å². The average molecular weight is 244 g/mol. The van der Waals surface area contributed by atoms with Crippen LogP contribution in [-0.2, 0) is 4.79 Å². The van der Waals surface area contributed by atoms with Crippen LogP contribution in [0.1, 0.15) is 47.0 Å². The number of amides is 2. The van der Waals surface area contributed by atoms with Crippen LogP contribution in [0.15, 0.2) is 0 Å². The first kappa shape index (κ1) is 15.7. The molecule has 0 bridgehead atoms. The molecule has 0 rings (SSSR count). The van der Waals surface area contributed by atoms with Crippen LogP contribution < -0.4 is 5.32 Å². The van der Waals surface area contributed by atoms with Crippen LogP contribution in [0.3, 0.4) is 0 Å². The predicted molar refractivity (Wildman–Crippen MR) is 67.0 cm³/mol. The number of rotatable bonds is 6. The van der Waals surface area contributed by atoms with Crippen LogP contribution in [0, 0.1) is 0 Å². The Morgan fingerprint density at radius 2 is 1.88 bits per heavy atom. The molecule has 0 aromatic heterocycles. The van der Waals surface area contributed by atoms with Gasteiger partial charge in [-0.3, -0.25) is 0 Å². The zero-order valence-electron chi connectivity index (χ0n) is 11.4. The van der Waals surface area contributed by atoms with Gasteiger partial charge in [0.2, 0.25) is 0 Å². The molecule has 0 saturated carbocycles. The minimum absolute atomic E-state index is 0.278. The maximum absolute atomic E-state index is 11.9. The first-order valence-electron chi connectivity index (χ1n) is 6.03. The Hall–Kier alpha value is -1.26. The van der Waals surface area contributed by atoms with E-state index in [-0.39, 0.29) is 11.6 Å². The van der Waals surface area contributed by atoms with E-state index in [0.29, 0.717) is 6.42 Å². The smallest absolute Gasteiger partial charge is 0.326 e. The summed E-state index contributed by atoms with van der Waals surface area (Å²) in [4.78, 5) is 24.4. The van der Waals surface area contributed by atoms with Crippen LogP contribution >= 0.6 is 0 Å². The molecule has 0 aromatic rings. The molecule has 0 aliphatic carbocycles. The van der Waals surface area contributed by atoms with Gasteiger partial charge in [-0.1, -0.05) is 20.3 Å². The molecule has 1 atom stereocenters. The lowest BCUT2D eigenvalue weighted by molar-refractivity contribution is -0.139. The summed E-state index contributed by atoms with van der Waals surface area (Å²) in [6.45, 7) is 7.77. The summed E-state index contributed by atoms with van der Waals surface area (Å²) in [5, 5.41) is 11.5. The molecule has 0 aliphatic rings. The molecule has 2 amide bonds. The van der Waals surface area contributed by atoms with Crippen molar-refractivity contribution in [3.05, 3.63) is 0 Å². The van der Waals surface area contributed by atoms with Crippen molar-refractivity contribution >= 4 is 12.0 Å². The number of hydrogen-bond donors (Lipinski definition) is 2. The highest BCUT2D eigenvalue weighted by atomic mass is 16.4. The fraction of sp³-hybridized carbons (Fsp3) is 0.833. The van der Waals surface area contributed by atoms with E-state index < -0.39 is 12.0 Å². The van der Waals surface area contributed by atoms with Crippen molar-refractivity contribution in [2.24, 2.45) is 0 Å². The summed E-state index contributed by atoms with van der Waals surface area (Å²) in [5.74, 6) is -0.983. The minimum Gasteiger partial charge on any atom is -0.480 e. The molecule has 0 aromatic carbocycles. The number of carbonyl (C=O) groups is 2. The zero-order valence-corrected chi connectivity index (χ0v) is 11.4. The monoisotopic (exact) mass is 244 g/mol. The van der Waals surface area contributed by atoms with Gasteiger partial charge in [-0.15, -0.1) is 0 Å². The van der Waals surface area contributed by atoms with E-state index in [2.05, 4.69) is 5.32 Å². The third-order valence-electron chi connectivity index (χ3n) is 3.25. The molecule has 0 spiro atoms. The summed E-state index contributed by atoms with van der Waals surface area (Å²) >= 11 is 0. The predicted octanol–water partition coefficient (Wildman–Crippen LogP) is 2.07. The molecule has 0 aliphatic heterocycles. The van der Waals surface area contributed by atoms with E-state index in [4.69, 9.17) is 5.11 Å². The molecule has 0 saturated heterocycles. The number of nitrogens with zero attached hydrogens (tertiary/aromatic N) is 1. The number of aliphatic carboxylic acids is 1. The van der Waals surface area contributed by atoms with Crippen LogP contribution in [0.25, 0.3) is 0 Å². The maximum Gasteiger partial charge on any atom is 0.326 e. The van der Waals surface area contributed by atoms with Gasteiger partial charge in [-0.05, 0) is 26.7 Å². The van der Waals surface area contributed by atoms with Gasteiger partial charge in [-0.2, -0.15) is 0 Å². The Kier molecular flexibility index (Phi) is 5.99. The zero-order chi connectivity index (χ0) is 13.6. The van der Waals surface area contributed by atoms with Crippen molar-refractivity contribution in [1.82, 2.24) is 10.2 Å². The van der Waals surface area contributed by atoms with Gasteiger partial charge in [0.25, 0.3) is 0 Å². The highest BCUT2D eigenvalue weighted by molar-refractivity contribution is 5.82. The summed E-state index contributed by atoms with van der Waals surface area (Å²) in [6, 6.07) is -1.14. The summed E-state index contributed by atoms with van der Waals surface area (Å²) in [7, 11) is 1.68. The van der Waals surface area contributed by atoms with Gasteiger partial charge in [0.15, 0.2) is 0 Å². The number of carbonyl (C=O) groups excluding carboxylic acids is 1. The Balaban J connectivity index is 4.56. The first-order valence-corrected chi connectivity index (χ1v) is 6.03. The van der Waals surface area contributed by atoms with Gasteiger partial charge in [0, 0.05) is 12.6 Å². The second kappa shape index (κ2) is 6.47. The molecule has 17 heavy (non-hydrogen) atoms. The lowest BCUT2D eigenvalue weighted by Crippen LogP contribution is -2.53. The van der Waals surface area contributed by atoms with Crippen molar-refractivity contribution in [1.29, 1.82) is 0 Å². The van der Waals surface area contributed by atoms with Crippen LogP contribution in [0.2, 0.25) is 0 Å².